The number of ketones is 1. The second-order valence-electron chi connectivity index (χ2n) is 4.49. The van der Waals surface area contributed by atoms with Crippen molar-refractivity contribution in [2.24, 2.45) is 0 Å². The minimum absolute atomic E-state index is 0.0363. The van der Waals surface area contributed by atoms with Crippen molar-refractivity contribution in [2.75, 3.05) is 27.7 Å². The van der Waals surface area contributed by atoms with Crippen LogP contribution in [-0.2, 0) is 6.54 Å². The van der Waals surface area contributed by atoms with E-state index in [4.69, 9.17) is 0 Å². The van der Waals surface area contributed by atoms with Crippen LogP contribution >= 0.6 is 0 Å². The van der Waals surface area contributed by atoms with Crippen molar-refractivity contribution in [2.45, 2.75) is 18.6 Å². The molecule has 10 heteroatoms. The van der Waals surface area contributed by atoms with Gasteiger partial charge in [0, 0.05) is 6.54 Å². The van der Waals surface area contributed by atoms with E-state index in [0.29, 0.717) is 6.54 Å². The maximum absolute atomic E-state index is 13.2. The second-order valence-corrected chi connectivity index (χ2v) is 4.49. The Hall–Kier alpha value is -1.71. The molecule has 0 saturated heterocycles. The summed E-state index contributed by atoms with van der Waals surface area (Å²) in [5.41, 5.74) is -0.901. The number of carbonyl (C=O) groups is 1. The third kappa shape index (κ3) is 3.49. The predicted molar refractivity (Wildman–Crippen MR) is 62.7 cm³/mol. The van der Waals surface area contributed by atoms with E-state index in [-0.39, 0.29) is 6.54 Å². The average Bonchev–Trinajstić information content (AvgIpc) is 2.76. The number of nitrogens with zero attached hydrogens (tertiary/aromatic N) is 3. The molecule has 0 saturated carbocycles. The third-order valence-corrected chi connectivity index (χ3v) is 2.64. The van der Waals surface area contributed by atoms with Crippen LogP contribution in [0.2, 0.25) is 0 Å². The fraction of sp³-hybridized carbons (Fsp3) is 0.636. The van der Waals surface area contributed by atoms with Gasteiger partial charge in [0.1, 0.15) is 0 Å². The Morgan fingerprint density at radius 3 is 2.33 bits per heavy atom. The van der Waals surface area contributed by atoms with Crippen LogP contribution in [0, 0.1) is 0 Å². The molecule has 0 unspecified atom stereocenters. The molecule has 1 rings (SSSR count). The molecular weight excluding hydrogens is 301 g/mol. The average molecular weight is 315 g/mol. The van der Waals surface area contributed by atoms with Crippen LogP contribution in [-0.4, -0.2) is 60.3 Å². The topological polar surface area (TPSA) is 47.4 Å². The summed E-state index contributed by atoms with van der Waals surface area (Å²) in [6, 6.07) is 0. The quantitative estimate of drug-likeness (QED) is 0.594. The molecule has 1 aromatic rings. The largest absolute Gasteiger partial charge is 0.493 e. The summed E-state index contributed by atoms with van der Waals surface area (Å²) in [6.45, 7) is 0.258. The van der Waals surface area contributed by atoms with Gasteiger partial charge in [0.05, 0.1) is 19.9 Å². The van der Waals surface area contributed by atoms with Crippen molar-refractivity contribution < 1.29 is 31.5 Å². The molecule has 0 amide bonds. The minimum atomic E-state index is -5.98. The van der Waals surface area contributed by atoms with Gasteiger partial charge >= 0.3 is 12.1 Å². The summed E-state index contributed by atoms with van der Waals surface area (Å²) in [5, 5.41) is 3.62. The van der Waals surface area contributed by atoms with E-state index in [1.807, 2.05) is 0 Å². The van der Waals surface area contributed by atoms with Gasteiger partial charge in [-0.2, -0.15) is 27.1 Å². The van der Waals surface area contributed by atoms with E-state index in [0.717, 1.165) is 18.0 Å². The van der Waals surface area contributed by atoms with Gasteiger partial charge in [0.15, 0.2) is 11.4 Å². The molecule has 0 aromatic carbocycles. The summed E-state index contributed by atoms with van der Waals surface area (Å²) in [5.74, 6) is -8.32. The molecule has 1 heterocycles. The van der Waals surface area contributed by atoms with Gasteiger partial charge in [-0.05, 0) is 14.1 Å². The number of aromatic nitrogens is 2. The fourth-order valence-corrected chi connectivity index (χ4v) is 1.49. The molecule has 0 spiro atoms. The van der Waals surface area contributed by atoms with Gasteiger partial charge in [-0.1, -0.05) is 0 Å². The number of methoxy groups -OCH3 is 1. The molecule has 0 aliphatic rings. The molecule has 120 valence electrons. The SMILES string of the molecule is COc1cnn(CCN(C)C)c1C(=O)C(F)(F)C(F)(F)F. The zero-order valence-corrected chi connectivity index (χ0v) is 11.5. The number of hydrogen-bond donors (Lipinski definition) is 0. The number of Topliss-reactive ketones (excluding diaryl/α,β-unsaturated/α-hetero) is 1. The lowest BCUT2D eigenvalue weighted by molar-refractivity contribution is -0.256. The highest BCUT2D eigenvalue weighted by atomic mass is 19.4. The van der Waals surface area contributed by atoms with Gasteiger partial charge in [-0.25, -0.2) is 0 Å². The van der Waals surface area contributed by atoms with Gasteiger partial charge in [-0.15, -0.1) is 0 Å². The Kier molecular flexibility index (Phi) is 4.92. The van der Waals surface area contributed by atoms with Crippen molar-refractivity contribution >= 4 is 5.78 Å². The van der Waals surface area contributed by atoms with Crippen LogP contribution in [0.4, 0.5) is 22.0 Å². The highest BCUT2D eigenvalue weighted by Gasteiger charge is 2.64. The number of ether oxygens (including phenoxy) is 1. The molecule has 0 radical (unpaired) electrons. The van der Waals surface area contributed by atoms with Gasteiger partial charge in [0.25, 0.3) is 5.78 Å². The van der Waals surface area contributed by atoms with E-state index >= 15 is 0 Å². The van der Waals surface area contributed by atoms with E-state index in [1.54, 1.807) is 19.0 Å². The number of likely N-dealkylation sites (N-methyl/N-ethyl adjacent to an activating group) is 1. The van der Waals surface area contributed by atoms with Crippen molar-refractivity contribution in [3.8, 4) is 5.75 Å². The lowest BCUT2D eigenvalue weighted by atomic mass is 10.1. The van der Waals surface area contributed by atoms with Crippen LogP contribution < -0.4 is 4.74 Å². The van der Waals surface area contributed by atoms with Crippen molar-refractivity contribution in [3.05, 3.63) is 11.9 Å². The molecule has 0 N–H and O–H groups in total. The first-order valence-corrected chi connectivity index (χ1v) is 5.76. The molecule has 0 bridgehead atoms. The van der Waals surface area contributed by atoms with Crippen LogP contribution in [0.3, 0.4) is 0 Å². The second kappa shape index (κ2) is 5.96. The number of rotatable bonds is 6. The summed E-state index contributed by atoms with van der Waals surface area (Å²) < 4.78 is 68.7. The van der Waals surface area contributed by atoms with Crippen molar-refractivity contribution in [1.29, 1.82) is 0 Å². The smallest absolute Gasteiger partial charge is 0.461 e. The Labute approximate surface area is 117 Å². The zero-order chi connectivity index (χ0) is 16.4. The lowest BCUT2D eigenvalue weighted by Gasteiger charge is -2.19. The molecule has 1 aromatic heterocycles. The Balaban J connectivity index is 3.21. The molecule has 0 atom stereocenters. The Bertz CT molecular complexity index is 510. The summed E-state index contributed by atoms with van der Waals surface area (Å²) in [7, 11) is 4.40. The van der Waals surface area contributed by atoms with Crippen LogP contribution in [0.15, 0.2) is 6.20 Å². The van der Waals surface area contributed by atoms with E-state index in [9.17, 15) is 26.7 Å². The molecule has 21 heavy (non-hydrogen) atoms. The standard InChI is InChI=1S/C11H14F5N3O2/c1-18(2)4-5-19-8(7(21-3)6-17-19)9(20)10(12,13)11(14,15)16/h6H,4-5H2,1-3H3. The lowest BCUT2D eigenvalue weighted by Crippen LogP contribution is -2.45. The Morgan fingerprint density at radius 1 is 1.33 bits per heavy atom. The molecule has 5 nitrogen and oxygen atoms in total. The maximum atomic E-state index is 13.2. The first kappa shape index (κ1) is 17.3. The van der Waals surface area contributed by atoms with Gasteiger partial charge < -0.3 is 9.64 Å². The van der Waals surface area contributed by atoms with E-state index in [1.165, 1.54) is 0 Å². The predicted octanol–water partition coefficient (Wildman–Crippen LogP) is 1.83. The number of hydrogen-bond acceptors (Lipinski definition) is 4. The van der Waals surface area contributed by atoms with Crippen molar-refractivity contribution in [3.63, 3.8) is 0 Å². The molecule has 0 fully saturated rings. The summed E-state index contributed by atoms with van der Waals surface area (Å²) >= 11 is 0. The summed E-state index contributed by atoms with van der Waals surface area (Å²) in [6.07, 6.45) is -5.05. The molecular formula is C11H14F5N3O2. The first-order chi connectivity index (χ1) is 9.52. The summed E-state index contributed by atoms with van der Waals surface area (Å²) in [4.78, 5) is 13.3. The minimum Gasteiger partial charge on any atom is -0.493 e. The normalized spacial score (nSPS) is 12.8. The van der Waals surface area contributed by atoms with Crippen LogP contribution in [0.1, 0.15) is 10.5 Å². The third-order valence-electron chi connectivity index (χ3n) is 2.64. The zero-order valence-electron chi connectivity index (χ0n) is 11.5. The monoisotopic (exact) mass is 315 g/mol. The van der Waals surface area contributed by atoms with Crippen LogP contribution in [0.25, 0.3) is 0 Å². The number of halogens is 5. The van der Waals surface area contributed by atoms with Crippen molar-refractivity contribution in [1.82, 2.24) is 14.7 Å². The van der Waals surface area contributed by atoms with Gasteiger partial charge in [0.2, 0.25) is 0 Å². The van der Waals surface area contributed by atoms with Crippen LogP contribution in [0.5, 0.6) is 5.75 Å². The highest BCUT2D eigenvalue weighted by molar-refractivity contribution is 6.02. The fourth-order valence-electron chi connectivity index (χ4n) is 1.49. The van der Waals surface area contributed by atoms with E-state index in [2.05, 4.69) is 9.84 Å². The van der Waals surface area contributed by atoms with E-state index < -0.39 is 29.3 Å². The maximum Gasteiger partial charge on any atom is 0.461 e. The highest BCUT2D eigenvalue weighted by Crippen LogP contribution is 2.39. The molecule has 0 aliphatic heterocycles. The first-order valence-electron chi connectivity index (χ1n) is 5.76. The molecule has 0 aliphatic carbocycles. The Morgan fingerprint density at radius 2 is 1.90 bits per heavy atom. The number of carbonyl (C=O) groups excluding carboxylic acids is 1. The van der Waals surface area contributed by atoms with Gasteiger partial charge in [-0.3, -0.25) is 9.48 Å². The number of alkyl halides is 5.